The Morgan fingerprint density at radius 2 is 2.00 bits per heavy atom. The molecular formula is C13H24ClNO. The number of hydrogen-bond donors (Lipinski definition) is 0. The van der Waals surface area contributed by atoms with Crippen LogP contribution in [0.3, 0.4) is 0 Å². The first-order valence-corrected chi connectivity index (χ1v) is 7.18. The van der Waals surface area contributed by atoms with Crippen LogP contribution in [0.2, 0.25) is 0 Å². The highest BCUT2D eigenvalue weighted by Gasteiger charge is 2.25. The van der Waals surface area contributed by atoms with E-state index in [2.05, 4.69) is 6.92 Å². The van der Waals surface area contributed by atoms with Crippen LogP contribution < -0.4 is 0 Å². The van der Waals surface area contributed by atoms with Crippen LogP contribution in [0, 0.1) is 0 Å². The van der Waals surface area contributed by atoms with Crippen molar-refractivity contribution in [3.8, 4) is 0 Å². The first-order chi connectivity index (χ1) is 7.79. The summed E-state index contributed by atoms with van der Waals surface area (Å²) in [4.78, 5) is 14.1. The summed E-state index contributed by atoms with van der Waals surface area (Å²) in [5.74, 6) is 0.886. The van der Waals surface area contributed by atoms with Crippen molar-refractivity contribution in [3.63, 3.8) is 0 Å². The summed E-state index contributed by atoms with van der Waals surface area (Å²) in [5.41, 5.74) is 0. The van der Waals surface area contributed by atoms with Crippen molar-refractivity contribution in [1.82, 2.24) is 4.90 Å². The van der Waals surface area contributed by atoms with Crippen molar-refractivity contribution in [3.05, 3.63) is 0 Å². The van der Waals surface area contributed by atoms with Gasteiger partial charge in [0, 0.05) is 24.9 Å². The van der Waals surface area contributed by atoms with Gasteiger partial charge in [0.15, 0.2) is 0 Å². The Hall–Kier alpha value is -0.240. The molecular weight excluding hydrogens is 222 g/mol. The second-order valence-corrected chi connectivity index (χ2v) is 5.05. The second-order valence-electron chi connectivity index (χ2n) is 4.67. The molecule has 1 fully saturated rings. The minimum atomic E-state index is 0.320. The van der Waals surface area contributed by atoms with Gasteiger partial charge in [0.25, 0.3) is 0 Å². The van der Waals surface area contributed by atoms with E-state index in [1.807, 2.05) is 4.90 Å². The maximum Gasteiger partial charge on any atom is 0.222 e. The van der Waals surface area contributed by atoms with E-state index < -0.39 is 0 Å². The highest BCUT2D eigenvalue weighted by molar-refractivity contribution is 6.18. The SMILES string of the molecule is CCCCCC(=O)N(CCCl)C1CCCC1. The molecule has 1 aliphatic rings. The molecule has 0 bridgehead atoms. The van der Waals surface area contributed by atoms with Gasteiger partial charge in [-0.05, 0) is 19.3 Å². The Labute approximate surface area is 104 Å². The zero-order chi connectivity index (χ0) is 11.8. The van der Waals surface area contributed by atoms with Crippen molar-refractivity contribution in [1.29, 1.82) is 0 Å². The molecule has 16 heavy (non-hydrogen) atoms. The first-order valence-electron chi connectivity index (χ1n) is 6.65. The van der Waals surface area contributed by atoms with Gasteiger partial charge in [-0.25, -0.2) is 0 Å². The molecule has 0 aromatic carbocycles. The predicted octanol–water partition coefficient (Wildman–Crippen LogP) is 3.58. The summed E-state index contributed by atoms with van der Waals surface area (Å²) in [6, 6.07) is 0.480. The number of carbonyl (C=O) groups is 1. The van der Waals surface area contributed by atoms with E-state index in [1.54, 1.807) is 0 Å². The molecule has 0 spiro atoms. The molecule has 0 saturated heterocycles. The summed E-state index contributed by atoms with van der Waals surface area (Å²) >= 11 is 5.79. The lowest BCUT2D eigenvalue weighted by atomic mass is 10.1. The highest BCUT2D eigenvalue weighted by Crippen LogP contribution is 2.24. The molecule has 0 aromatic heterocycles. The van der Waals surface area contributed by atoms with Gasteiger partial charge in [0.1, 0.15) is 0 Å². The third-order valence-electron chi connectivity index (χ3n) is 3.41. The summed E-state index contributed by atoms with van der Waals surface area (Å²) in [6.07, 6.45) is 8.96. The van der Waals surface area contributed by atoms with E-state index in [-0.39, 0.29) is 0 Å². The highest BCUT2D eigenvalue weighted by atomic mass is 35.5. The van der Waals surface area contributed by atoms with Crippen LogP contribution in [-0.2, 0) is 4.79 Å². The minimum absolute atomic E-state index is 0.320. The van der Waals surface area contributed by atoms with Crippen LogP contribution in [0.15, 0.2) is 0 Å². The topological polar surface area (TPSA) is 20.3 Å². The Morgan fingerprint density at radius 3 is 2.56 bits per heavy atom. The fourth-order valence-corrected chi connectivity index (χ4v) is 2.67. The third-order valence-corrected chi connectivity index (χ3v) is 3.57. The van der Waals surface area contributed by atoms with Crippen molar-refractivity contribution < 1.29 is 4.79 Å². The monoisotopic (exact) mass is 245 g/mol. The van der Waals surface area contributed by atoms with Gasteiger partial charge in [-0.3, -0.25) is 4.79 Å². The molecule has 0 heterocycles. The van der Waals surface area contributed by atoms with Gasteiger partial charge in [0.05, 0.1) is 0 Å². The lowest BCUT2D eigenvalue weighted by molar-refractivity contribution is -0.133. The smallest absolute Gasteiger partial charge is 0.222 e. The molecule has 1 amide bonds. The zero-order valence-corrected chi connectivity index (χ0v) is 11.1. The van der Waals surface area contributed by atoms with Crippen molar-refractivity contribution in [2.45, 2.75) is 64.3 Å². The van der Waals surface area contributed by atoms with Crippen molar-refractivity contribution >= 4 is 17.5 Å². The number of nitrogens with zero attached hydrogens (tertiary/aromatic N) is 1. The zero-order valence-electron chi connectivity index (χ0n) is 10.4. The maximum absolute atomic E-state index is 12.1. The Kier molecular flexibility index (Phi) is 6.86. The van der Waals surface area contributed by atoms with Gasteiger partial charge in [-0.1, -0.05) is 32.6 Å². The number of hydrogen-bond acceptors (Lipinski definition) is 1. The van der Waals surface area contributed by atoms with E-state index in [0.717, 1.165) is 19.4 Å². The maximum atomic E-state index is 12.1. The van der Waals surface area contributed by atoms with Gasteiger partial charge >= 0.3 is 0 Å². The van der Waals surface area contributed by atoms with Crippen LogP contribution in [0.1, 0.15) is 58.3 Å². The van der Waals surface area contributed by atoms with Crippen LogP contribution in [0.4, 0.5) is 0 Å². The summed E-state index contributed by atoms with van der Waals surface area (Å²) in [7, 11) is 0. The number of alkyl halides is 1. The van der Waals surface area contributed by atoms with Gasteiger partial charge in [-0.2, -0.15) is 0 Å². The third kappa shape index (κ3) is 4.32. The van der Waals surface area contributed by atoms with E-state index in [1.165, 1.54) is 32.1 Å². The molecule has 0 atom stereocenters. The Bertz CT molecular complexity index is 202. The van der Waals surface area contributed by atoms with Crippen LogP contribution in [0.5, 0.6) is 0 Å². The molecule has 3 heteroatoms. The number of amides is 1. The standard InChI is InChI=1S/C13H24ClNO/c1-2-3-4-9-13(16)15(11-10-14)12-7-5-6-8-12/h12H,2-11H2,1H3. The van der Waals surface area contributed by atoms with E-state index in [9.17, 15) is 4.79 Å². The van der Waals surface area contributed by atoms with Crippen LogP contribution in [-0.4, -0.2) is 29.3 Å². The van der Waals surface area contributed by atoms with E-state index in [0.29, 0.717) is 24.2 Å². The normalized spacial score (nSPS) is 16.6. The van der Waals surface area contributed by atoms with Gasteiger partial charge < -0.3 is 4.90 Å². The van der Waals surface area contributed by atoms with Gasteiger partial charge in [-0.15, -0.1) is 11.6 Å². The molecule has 1 rings (SSSR count). The number of carbonyl (C=O) groups excluding carboxylic acids is 1. The number of unbranched alkanes of at least 4 members (excludes halogenated alkanes) is 2. The summed E-state index contributed by atoms with van der Waals surface area (Å²) in [6.45, 7) is 2.90. The molecule has 1 aliphatic carbocycles. The van der Waals surface area contributed by atoms with Crippen molar-refractivity contribution in [2.75, 3.05) is 12.4 Å². The molecule has 0 N–H and O–H groups in total. The van der Waals surface area contributed by atoms with Crippen LogP contribution >= 0.6 is 11.6 Å². The van der Waals surface area contributed by atoms with Gasteiger partial charge in [0.2, 0.25) is 5.91 Å². The van der Waals surface area contributed by atoms with E-state index in [4.69, 9.17) is 11.6 Å². The molecule has 0 aliphatic heterocycles. The summed E-state index contributed by atoms with van der Waals surface area (Å²) in [5, 5.41) is 0. The molecule has 0 radical (unpaired) electrons. The predicted molar refractivity (Wildman–Crippen MR) is 68.8 cm³/mol. The molecule has 94 valence electrons. The average molecular weight is 246 g/mol. The second kappa shape index (κ2) is 7.94. The Balaban J connectivity index is 2.38. The lowest BCUT2D eigenvalue weighted by Gasteiger charge is -2.28. The largest absolute Gasteiger partial charge is 0.339 e. The summed E-state index contributed by atoms with van der Waals surface area (Å²) < 4.78 is 0. The molecule has 0 unspecified atom stereocenters. The van der Waals surface area contributed by atoms with Crippen LogP contribution in [0.25, 0.3) is 0 Å². The first kappa shape index (κ1) is 13.8. The van der Waals surface area contributed by atoms with E-state index >= 15 is 0 Å². The molecule has 1 saturated carbocycles. The molecule has 2 nitrogen and oxygen atoms in total. The number of halogens is 1. The Morgan fingerprint density at radius 1 is 1.31 bits per heavy atom. The molecule has 0 aromatic rings. The fraction of sp³-hybridized carbons (Fsp3) is 0.923. The minimum Gasteiger partial charge on any atom is -0.339 e. The quantitative estimate of drug-likeness (QED) is 0.496. The lowest BCUT2D eigenvalue weighted by Crippen LogP contribution is -2.40. The fourth-order valence-electron chi connectivity index (χ4n) is 2.49. The number of rotatable bonds is 7. The van der Waals surface area contributed by atoms with Crippen molar-refractivity contribution in [2.24, 2.45) is 0 Å². The average Bonchev–Trinajstić information content (AvgIpc) is 2.79.